The molecule has 1 aliphatic carbocycles. The normalized spacial score (nSPS) is 31.1. The predicted octanol–water partition coefficient (Wildman–Crippen LogP) is 1.86. The van der Waals surface area contributed by atoms with Crippen molar-refractivity contribution in [3.8, 4) is 0 Å². The Hall–Kier alpha value is -0.0800. The molecule has 1 atom stereocenters. The molecule has 1 N–H and O–H groups in total. The molecule has 1 heterocycles. The van der Waals surface area contributed by atoms with Crippen molar-refractivity contribution in [1.29, 1.82) is 0 Å². The zero-order valence-corrected chi connectivity index (χ0v) is 9.47. The molecule has 2 fully saturated rings. The third kappa shape index (κ3) is 2.96. The van der Waals surface area contributed by atoms with Gasteiger partial charge in [0.1, 0.15) is 0 Å². The molecular formula is C12H24N2. The molecule has 0 radical (unpaired) electrons. The van der Waals surface area contributed by atoms with Crippen LogP contribution in [0.15, 0.2) is 0 Å². The van der Waals surface area contributed by atoms with Crippen molar-refractivity contribution in [3.63, 3.8) is 0 Å². The van der Waals surface area contributed by atoms with Crippen molar-refractivity contribution in [1.82, 2.24) is 10.2 Å². The molecule has 0 spiro atoms. The fourth-order valence-electron chi connectivity index (χ4n) is 2.83. The molecule has 14 heavy (non-hydrogen) atoms. The minimum atomic E-state index is 0.780. The van der Waals surface area contributed by atoms with Crippen molar-refractivity contribution in [2.75, 3.05) is 26.7 Å². The second-order valence-corrected chi connectivity index (χ2v) is 5.16. The van der Waals surface area contributed by atoms with E-state index in [0.717, 1.165) is 12.0 Å². The fourth-order valence-corrected chi connectivity index (χ4v) is 2.83. The van der Waals surface area contributed by atoms with Crippen LogP contribution in [-0.4, -0.2) is 37.6 Å². The topological polar surface area (TPSA) is 15.3 Å². The van der Waals surface area contributed by atoms with E-state index in [2.05, 4.69) is 17.3 Å². The van der Waals surface area contributed by atoms with Crippen LogP contribution in [0.1, 0.15) is 38.5 Å². The molecular weight excluding hydrogens is 172 g/mol. The van der Waals surface area contributed by atoms with Crippen molar-refractivity contribution in [3.05, 3.63) is 0 Å². The zero-order chi connectivity index (χ0) is 9.80. The van der Waals surface area contributed by atoms with Gasteiger partial charge in [0.25, 0.3) is 0 Å². The molecule has 0 aromatic heterocycles. The van der Waals surface area contributed by atoms with E-state index in [1.807, 2.05) is 0 Å². The number of nitrogens with zero attached hydrogens (tertiary/aromatic N) is 1. The summed E-state index contributed by atoms with van der Waals surface area (Å²) in [5, 5.41) is 3.74. The summed E-state index contributed by atoms with van der Waals surface area (Å²) in [6.45, 7) is 3.81. The minimum absolute atomic E-state index is 0.780. The van der Waals surface area contributed by atoms with Gasteiger partial charge in [-0.3, -0.25) is 0 Å². The summed E-state index contributed by atoms with van der Waals surface area (Å²) in [4.78, 5) is 2.43. The van der Waals surface area contributed by atoms with Crippen molar-refractivity contribution >= 4 is 0 Å². The zero-order valence-electron chi connectivity index (χ0n) is 9.47. The highest BCUT2D eigenvalue weighted by Crippen LogP contribution is 2.23. The lowest BCUT2D eigenvalue weighted by Crippen LogP contribution is -2.35. The van der Waals surface area contributed by atoms with E-state index in [1.165, 1.54) is 58.2 Å². The molecule has 1 saturated carbocycles. The second kappa shape index (κ2) is 5.13. The Morgan fingerprint density at radius 1 is 1.14 bits per heavy atom. The lowest BCUT2D eigenvalue weighted by atomic mass is 9.89. The van der Waals surface area contributed by atoms with E-state index in [4.69, 9.17) is 0 Å². The molecule has 1 aliphatic heterocycles. The first-order valence-electron chi connectivity index (χ1n) is 6.26. The Morgan fingerprint density at radius 2 is 1.93 bits per heavy atom. The molecule has 0 unspecified atom stereocenters. The van der Waals surface area contributed by atoms with Crippen LogP contribution in [0.4, 0.5) is 0 Å². The van der Waals surface area contributed by atoms with E-state index >= 15 is 0 Å². The van der Waals surface area contributed by atoms with Gasteiger partial charge in [0, 0.05) is 12.6 Å². The van der Waals surface area contributed by atoms with E-state index < -0.39 is 0 Å². The smallest absolute Gasteiger partial charge is 0.0207 e. The molecule has 1 saturated heterocycles. The molecule has 2 nitrogen and oxygen atoms in total. The quantitative estimate of drug-likeness (QED) is 0.741. The van der Waals surface area contributed by atoms with Crippen molar-refractivity contribution in [2.24, 2.45) is 5.92 Å². The molecule has 82 valence electrons. The monoisotopic (exact) mass is 196 g/mol. The number of nitrogens with one attached hydrogen (secondary N) is 1. The second-order valence-electron chi connectivity index (χ2n) is 5.16. The summed E-state index contributed by atoms with van der Waals surface area (Å²) in [6.07, 6.45) is 8.70. The Morgan fingerprint density at radius 3 is 2.57 bits per heavy atom. The Kier molecular flexibility index (Phi) is 3.82. The van der Waals surface area contributed by atoms with Gasteiger partial charge in [0.2, 0.25) is 0 Å². The summed E-state index contributed by atoms with van der Waals surface area (Å²) in [6, 6.07) is 0.780. The fraction of sp³-hybridized carbons (Fsp3) is 1.00. The minimum Gasteiger partial charge on any atom is -0.312 e. The van der Waals surface area contributed by atoms with Gasteiger partial charge < -0.3 is 10.2 Å². The molecule has 2 aliphatic rings. The molecule has 2 heteroatoms. The summed E-state index contributed by atoms with van der Waals surface area (Å²) < 4.78 is 0. The molecule has 0 bridgehead atoms. The van der Waals surface area contributed by atoms with Gasteiger partial charge in [-0.15, -0.1) is 0 Å². The maximum Gasteiger partial charge on any atom is 0.0207 e. The van der Waals surface area contributed by atoms with Crippen LogP contribution in [0, 0.1) is 5.92 Å². The molecule has 0 aromatic rings. The first kappa shape index (κ1) is 10.4. The third-order valence-corrected chi connectivity index (χ3v) is 3.81. The van der Waals surface area contributed by atoms with Gasteiger partial charge in [-0.2, -0.15) is 0 Å². The SMILES string of the molecule is CN1CC[C@@H](NCC2CCCCC2)C1. The van der Waals surface area contributed by atoms with Crippen LogP contribution >= 0.6 is 0 Å². The lowest BCUT2D eigenvalue weighted by Gasteiger charge is -2.23. The highest BCUT2D eigenvalue weighted by atomic mass is 15.2. The predicted molar refractivity (Wildman–Crippen MR) is 60.5 cm³/mol. The van der Waals surface area contributed by atoms with E-state index in [0.29, 0.717) is 0 Å². The summed E-state index contributed by atoms with van der Waals surface area (Å²) in [7, 11) is 2.22. The van der Waals surface area contributed by atoms with Gasteiger partial charge in [0.05, 0.1) is 0 Å². The number of hydrogen-bond donors (Lipinski definition) is 1. The van der Waals surface area contributed by atoms with Crippen LogP contribution in [0.3, 0.4) is 0 Å². The van der Waals surface area contributed by atoms with Crippen LogP contribution < -0.4 is 5.32 Å². The van der Waals surface area contributed by atoms with Gasteiger partial charge in [-0.25, -0.2) is 0 Å². The first-order valence-corrected chi connectivity index (χ1v) is 6.26. The van der Waals surface area contributed by atoms with Gasteiger partial charge >= 0.3 is 0 Å². The molecule has 0 amide bonds. The number of rotatable bonds is 3. The summed E-state index contributed by atoms with van der Waals surface area (Å²) >= 11 is 0. The van der Waals surface area contributed by atoms with Crippen LogP contribution in [0.25, 0.3) is 0 Å². The molecule has 2 rings (SSSR count). The Labute approximate surface area is 88.1 Å². The van der Waals surface area contributed by atoms with Crippen LogP contribution in [0.5, 0.6) is 0 Å². The number of hydrogen-bond acceptors (Lipinski definition) is 2. The first-order chi connectivity index (χ1) is 6.84. The summed E-state index contributed by atoms with van der Waals surface area (Å²) in [5.41, 5.74) is 0. The Bertz CT molecular complexity index is 159. The highest BCUT2D eigenvalue weighted by molar-refractivity contribution is 4.80. The van der Waals surface area contributed by atoms with Gasteiger partial charge in [0.15, 0.2) is 0 Å². The Balaban J connectivity index is 1.61. The number of likely N-dealkylation sites (tertiary alicyclic amines) is 1. The average Bonchev–Trinajstić information content (AvgIpc) is 2.63. The largest absolute Gasteiger partial charge is 0.312 e. The van der Waals surface area contributed by atoms with Crippen molar-refractivity contribution < 1.29 is 0 Å². The van der Waals surface area contributed by atoms with Crippen molar-refractivity contribution in [2.45, 2.75) is 44.6 Å². The average molecular weight is 196 g/mol. The highest BCUT2D eigenvalue weighted by Gasteiger charge is 2.20. The van der Waals surface area contributed by atoms with E-state index in [-0.39, 0.29) is 0 Å². The van der Waals surface area contributed by atoms with Crippen LogP contribution in [-0.2, 0) is 0 Å². The van der Waals surface area contributed by atoms with E-state index in [9.17, 15) is 0 Å². The van der Waals surface area contributed by atoms with Gasteiger partial charge in [-0.1, -0.05) is 19.3 Å². The maximum absolute atomic E-state index is 3.74. The standard InChI is InChI=1S/C12H24N2/c1-14-8-7-12(10-14)13-9-11-5-3-2-4-6-11/h11-13H,2-10H2,1H3/t12-/m1/s1. The van der Waals surface area contributed by atoms with Gasteiger partial charge in [-0.05, 0) is 45.3 Å². The third-order valence-electron chi connectivity index (χ3n) is 3.81. The number of likely N-dealkylation sites (N-methyl/N-ethyl adjacent to an activating group) is 1. The lowest BCUT2D eigenvalue weighted by molar-refractivity contribution is 0.323. The molecule has 0 aromatic carbocycles. The van der Waals surface area contributed by atoms with Crippen LogP contribution in [0.2, 0.25) is 0 Å². The summed E-state index contributed by atoms with van der Waals surface area (Å²) in [5.74, 6) is 0.981. The maximum atomic E-state index is 3.74. The van der Waals surface area contributed by atoms with E-state index in [1.54, 1.807) is 0 Å².